The molecule has 34 heavy (non-hydrogen) atoms. The van der Waals surface area contributed by atoms with Gasteiger partial charge in [0.05, 0.1) is 12.1 Å². The highest BCUT2D eigenvalue weighted by molar-refractivity contribution is 6.53. The molecule has 0 atom stereocenters. The van der Waals surface area contributed by atoms with E-state index in [0.29, 0.717) is 28.4 Å². The minimum absolute atomic E-state index is 0.00454. The van der Waals surface area contributed by atoms with Gasteiger partial charge in [-0.05, 0) is 55.2 Å². The van der Waals surface area contributed by atoms with E-state index in [4.69, 9.17) is 23.2 Å². The molecule has 4 rings (SSSR count). The Bertz CT molecular complexity index is 1140. The van der Waals surface area contributed by atoms with Gasteiger partial charge in [-0.3, -0.25) is 14.4 Å². The van der Waals surface area contributed by atoms with Crippen molar-refractivity contribution in [1.29, 1.82) is 0 Å². The quantitative estimate of drug-likeness (QED) is 0.408. The van der Waals surface area contributed by atoms with Crippen molar-refractivity contribution in [3.63, 3.8) is 0 Å². The number of nitrogens with zero attached hydrogens (tertiary/aromatic N) is 1. The first-order chi connectivity index (χ1) is 16.3. The van der Waals surface area contributed by atoms with Gasteiger partial charge in [0.15, 0.2) is 0 Å². The number of imide groups is 1. The van der Waals surface area contributed by atoms with Gasteiger partial charge in [0.2, 0.25) is 5.91 Å². The second-order valence-electron chi connectivity index (χ2n) is 8.77. The van der Waals surface area contributed by atoms with Crippen molar-refractivity contribution in [2.24, 2.45) is 0 Å². The number of halogens is 2. The Morgan fingerprint density at radius 2 is 1.65 bits per heavy atom. The third-order valence-corrected chi connectivity index (χ3v) is 7.08. The predicted molar refractivity (Wildman–Crippen MR) is 135 cm³/mol. The summed E-state index contributed by atoms with van der Waals surface area (Å²) in [6, 6.07) is 12.5. The second-order valence-corrected chi connectivity index (χ2v) is 9.56. The Hall–Kier alpha value is -2.83. The van der Waals surface area contributed by atoms with Crippen LogP contribution in [0.25, 0.3) is 0 Å². The van der Waals surface area contributed by atoms with E-state index in [2.05, 4.69) is 10.6 Å². The topological polar surface area (TPSA) is 78.5 Å². The molecule has 0 spiro atoms. The van der Waals surface area contributed by atoms with Crippen molar-refractivity contribution in [1.82, 2.24) is 5.32 Å². The Kier molecular flexibility index (Phi) is 7.59. The van der Waals surface area contributed by atoms with Crippen LogP contribution in [0.5, 0.6) is 0 Å². The minimum Gasteiger partial charge on any atom is -0.353 e. The van der Waals surface area contributed by atoms with Gasteiger partial charge < -0.3 is 10.6 Å². The van der Waals surface area contributed by atoms with Crippen LogP contribution in [0.15, 0.2) is 53.2 Å². The number of hydrogen-bond donors (Lipinski definition) is 2. The average molecular weight is 500 g/mol. The fourth-order valence-corrected chi connectivity index (χ4v) is 4.79. The van der Waals surface area contributed by atoms with E-state index in [1.807, 2.05) is 12.1 Å². The molecule has 0 radical (unpaired) electrons. The largest absolute Gasteiger partial charge is 0.353 e. The SMILES string of the molecule is Cc1c(Cl)cccc1N1C(=O)C(Cl)=C(Nc2ccc(CC(=O)NC3CCCCCC3)cc2)C1=O. The van der Waals surface area contributed by atoms with Crippen LogP contribution >= 0.6 is 23.2 Å². The van der Waals surface area contributed by atoms with E-state index in [1.165, 1.54) is 25.7 Å². The van der Waals surface area contributed by atoms with Crippen molar-refractivity contribution in [2.45, 2.75) is 57.9 Å². The molecule has 0 bridgehead atoms. The lowest BCUT2D eigenvalue weighted by atomic mass is 10.1. The van der Waals surface area contributed by atoms with Crippen molar-refractivity contribution in [3.8, 4) is 0 Å². The van der Waals surface area contributed by atoms with Crippen molar-refractivity contribution < 1.29 is 14.4 Å². The highest BCUT2D eigenvalue weighted by atomic mass is 35.5. The maximum atomic E-state index is 13.0. The molecule has 1 heterocycles. The molecule has 1 fully saturated rings. The van der Waals surface area contributed by atoms with Crippen LogP contribution in [0.3, 0.4) is 0 Å². The molecule has 1 saturated carbocycles. The fraction of sp³-hybridized carbons (Fsp3) is 0.346. The Morgan fingerprint density at radius 3 is 2.32 bits per heavy atom. The summed E-state index contributed by atoms with van der Waals surface area (Å²) < 4.78 is 0. The van der Waals surface area contributed by atoms with Gasteiger partial charge in [-0.2, -0.15) is 0 Å². The molecule has 1 aliphatic heterocycles. The van der Waals surface area contributed by atoms with Gasteiger partial charge in [-0.1, -0.05) is 67.1 Å². The van der Waals surface area contributed by atoms with Crippen molar-refractivity contribution in [2.75, 3.05) is 10.2 Å². The summed E-state index contributed by atoms with van der Waals surface area (Å²) in [5.41, 5.74) is 2.47. The number of hydrogen-bond acceptors (Lipinski definition) is 4. The number of rotatable bonds is 6. The van der Waals surface area contributed by atoms with Gasteiger partial charge in [-0.25, -0.2) is 4.90 Å². The molecule has 0 aromatic heterocycles. The van der Waals surface area contributed by atoms with Crippen LogP contribution in [0, 0.1) is 6.92 Å². The molecule has 2 N–H and O–H groups in total. The molecule has 2 aromatic rings. The molecule has 3 amide bonds. The number of nitrogens with one attached hydrogen (secondary N) is 2. The molecule has 2 aromatic carbocycles. The highest BCUT2D eigenvalue weighted by Gasteiger charge is 2.39. The summed E-state index contributed by atoms with van der Waals surface area (Å²) in [6.45, 7) is 1.74. The first-order valence-corrected chi connectivity index (χ1v) is 12.3. The van der Waals surface area contributed by atoms with Crippen LogP contribution in [0.2, 0.25) is 5.02 Å². The van der Waals surface area contributed by atoms with Gasteiger partial charge in [0.1, 0.15) is 10.7 Å². The van der Waals surface area contributed by atoms with Crippen LogP contribution in [-0.2, 0) is 20.8 Å². The van der Waals surface area contributed by atoms with Gasteiger partial charge >= 0.3 is 0 Å². The lowest BCUT2D eigenvalue weighted by Crippen LogP contribution is -2.35. The predicted octanol–water partition coefficient (Wildman–Crippen LogP) is 5.47. The molecule has 0 saturated heterocycles. The molecule has 8 heteroatoms. The van der Waals surface area contributed by atoms with E-state index in [0.717, 1.165) is 23.3 Å². The van der Waals surface area contributed by atoms with E-state index < -0.39 is 11.8 Å². The number of anilines is 2. The summed E-state index contributed by atoms with van der Waals surface area (Å²) >= 11 is 12.4. The monoisotopic (exact) mass is 499 g/mol. The number of amides is 3. The zero-order valence-electron chi connectivity index (χ0n) is 19.0. The Morgan fingerprint density at radius 1 is 0.971 bits per heavy atom. The number of carbonyl (C=O) groups is 3. The van der Waals surface area contributed by atoms with Crippen LogP contribution < -0.4 is 15.5 Å². The Labute approximate surface area is 209 Å². The molecule has 2 aliphatic rings. The lowest BCUT2D eigenvalue weighted by Gasteiger charge is -2.18. The first-order valence-electron chi connectivity index (χ1n) is 11.5. The summed E-state index contributed by atoms with van der Waals surface area (Å²) in [7, 11) is 0. The minimum atomic E-state index is -0.605. The van der Waals surface area contributed by atoms with Gasteiger partial charge in [0.25, 0.3) is 11.8 Å². The second kappa shape index (κ2) is 10.6. The number of benzene rings is 2. The highest BCUT2D eigenvalue weighted by Crippen LogP contribution is 2.34. The van der Waals surface area contributed by atoms with E-state index >= 15 is 0 Å². The molecule has 6 nitrogen and oxygen atoms in total. The molecule has 0 unspecified atom stereocenters. The molecular formula is C26H27Cl2N3O3. The first kappa shape index (κ1) is 24.3. The third kappa shape index (κ3) is 5.29. The fourth-order valence-electron chi connectivity index (χ4n) is 4.41. The average Bonchev–Trinajstić information content (AvgIpc) is 2.99. The third-order valence-electron chi connectivity index (χ3n) is 6.32. The Balaban J connectivity index is 1.40. The van der Waals surface area contributed by atoms with E-state index in [-0.39, 0.29) is 22.7 Å². The van der Waals surface area contributed by atoms with Crippen molar-refractivity contribution >= 4 is 52.3 Å². The summed E-state index contributed by atoms with van der Waals surface area (Å²) in [6.07, 6.45) is 7.20. The van der Waals surface area contributed by atoms with Crippen LogP contribution in [0.4, 0.5) is 11.4 Å². The van der Waals surface area contributed by atoms with E-state index in [9.17, 15) is 14.4 Å². The van der Waals surface area contributed by atoms with Gasteiger partial charge in [-0.15, -0.1) is 0 Å². The van der Waals surface area contributed by atoms with Crippen LogP contribution in [-0.4, -0.2) is 23.8 Å². The van der Waals surface area contributed by atoms with Crippen molar-refractivity contribution in [3.05, 3.63) is 69.3 Å². The number of carbonyl (C=O) groups excluding carboxylic acids is 3. The zero-order chi connectivity index (χ0) is 24.2. The smallest absolute Gasteiger partial charge is 0.283 e. The van der Waals surface area contributed by atoms with Gasteiger partial charge in [0, 0.05) is 16.8 Å². The van der Waals surface area contributed by atoms with E-state index in [1.54, 1.807) is 37.3 Å². The summed E-state index contributed by atoms with van der Waals surface area (Å²) in [5.74, 6) is -1.14. The standard InChI is InChI=1S/C26H27Cl2N3O3/c1-16-20(27)9-6-10-21(16)31-25(33)23(28)24(26(31)34)30-19-13-11-17(12-14-19)15-22(32)29-18-7-4-2-3-5-8-18/h6,9-14,18,30H,2-5,7-8,15H2,1H3,(H,29,32). The summed E-state index contributed by atoms with van der Waals surface area (Å²) in [5, 5.41) is 6.38. The lowest BCUT2D eigenvalue weighted by molar-refractivity contribution is -0.122. The molecule has 1 aliphatic carbocycles. The maximum absolute atomic E-state index is 13.0. The maximum Gasteiger partial charge on any atom is 0.283 e. The molecular weight excluding hydrogens is 473 g/mol. The normalized spacial score (nSPS) is 17.2. The zero-order valence-corrected chi connectivity index (χ0v) is 20.5. The summed E-state index contributed by atoms with van der Waals surface area (Å²) in [4.78, 5) is 39.2. The molecule has 178 valence electrons. The van der Waals surface area contributed by atoms with Crippen LogP contribution in [0.1, 0.15) is 49.7 Å².